The predicted molar refractivity (Wildman–Crippen MR) is 86.3 cm³/mol. The second-order valence-electron chi connectivity index (χ2n) is 5.63. The molecule has 0 saturated heterocycles. The van der Waals surface area contributed by atoms with Crippen LogP contribution in [-0.4, -0.2) is 6.04 Å². The van der Waals surface area contributed by atoms with Gasteiger partial charge in [-0.2, -0.15) is 0 Å². The lowest BCUT2D eigenvalue weighted by Crippen LogP contribution is -2.15. The fourth-order valence-corrected chi connectivity index (χ4v) is 3.33. The van der Waals surface area contributed by atoms with Gasteiger partial charge in [0.15, 0.2) is 0 Å². The lowest BCUT2D eigenvalue weighted by molar-refractivity contribution is 0.680. The van der Waals surface area contributed by atoms with Crippen molar-refractivity contribution < 1.29 is 0 Å². The Bertz CT molecular complexity index is 602. The van der Waals surface area contributed by atoms with Gasteiger partial charge in [0.05, 0.1) is 0 Å². The van der Waals surface area contributed by atoms with E-state index in [0.717, 1.165) is 12.6 Å². The number of benzene rings is 2. The molecule has 1 saturated carbocycles. The molecule has 1 aliphatic rings. The lowest BCUT2D eigenvalue weighted by Gasteiger charge is -2.11. The van der Waals surface area contributed by atoms with E-state index in [1.807, 2.05) is 11.8 Å². The van der Waals surface area contributed by atoms with E-state index in [1.54, 1.807) is 0 Å². The number of aryl methyl sites for hydroxylation is 2. The molecule has 0 radical (unpaired) electrons. The van der Waals surface area contributed by atoms with Crippen molar-refractivity contribution in [1.29, 1.82) is 0 Å². The number of hydrogen-bond acceptors (Lipinski definition) is 2. The van der Waals surface area contributed by atoms with Crippen LogP contribution < -0.4 is 5.32 Å². The van der Waals surface area contributed by atoms with Gasteiger partial charge in [0.25, 0.3) is 0 Å². The van der Waals surface area contributed by atoms with Gasteiger partial charge in [-0.1, -0.05) is 47.7 Å². The maximum Gasteiger partial charge on any atom is 0.0219 e. The highest BCUT2D eigenvalue weighted by Gasteiger charge is 2.20. The van der Waals surface area contributed by atoms with Gasteiger partial charge in [0.1, 0.15) is 0 Å². The Kier molecular flexibility index (Phi) is 4.13. The number of hydrogen-bond donors (Lipinski definition) is 1. The van der Waals surface area contributed by atoms with Crippen LogP contribution in [0.25, 0.3) is 0 Å². The maximum atomic E-state index is 3.61. The van der Waals surface area contributed by atoms with E-state index in [0.29, 0.717) is 0 Å². The largest absolute Gasteiger partial charge is 0.310 e. The van der Waals surface area contributed by atoms with Crippen LogP contribution in [0.4, 0.5) is 0 Å². The van der Waals surface area contributed by atoms with E-state index in [1.165, 1.54) is 39.3 Å². The first-order chi connectivity index (χ1) is 9.72. The third kappa shape index (κ3) is 3.44. The molecule has 2 aromatic rings. The van der Waals surface area contributed by atoms with Crippen LogP contribution in [0, 0.1) is 13.8 Å². The maximum absolute atomic E-state index is 3.61. The first-order valence-corrected chi connectivity index (χ1v) is 8.10. The third-order valence-corrected chi connectivity index (χ3v) is 4.98. The standard InChI is InChI=1S/C18H21NS/c1-13-7-10-17(14(2)11-13)20-18-6-4-3-5-15(18)12-19-16-8-9-16/h3-7,10-11,16,19H,8-9,12H2,1-2H3. The molecule has 2 aromatic carbocycles. The van der Waals surface area contributed by atoms with Crippen LogP contribution in [0.3, 0.4) is 0 Å². The average molecular weight is 283 g/mol. The molecule has 1 nitrogen and oxygen atoms in total. The summed E-state index contributed by atoms with van der Waals surface area (Å²) in [6.45, 7) is 5.33. The van der Waals surface area contributed by atoms with Gasteiger partial charge in [0.2, 0.25) is 0 Å². The second kappa shape index (κ2) is 6.02. The Morgan fingerprint density at radius 2 is 1.85 bits per heavy atom. The molecular weight excluding hydrogens is 262 g/mol. The highest BCUT2D eigenvalue weighted by molar-refractivity contribution is 7.99. The van der Waals surface area contributed by atoms with E-state index >= 15 is 0 Å². The molecule has 20 heavy (non-hydrogen) atoms. The molecular formula is C18H21NS. The minimum absolute atomic E-state index is 0.758. The van der Waals surface area contributed by atoms with Crippen molar-refractivity contribution in [2.45, 2.75) is 49.1 Å². The minimum atomic E-state index is 0.758. The molecule has 0 atom stereocenters. The molecule has 0 amide bonds. The van der Waals surface area contributed by atoms with E-state index in [2.05, 4.69) is 61.6 Å². The normalized spacial score (nSPS) is 14.5. The molecule has 0 heterocycles. The third-order valence-electron chi connectivity index (χ3n) is 3.68. The highest BCUT2D eigenvalue weighted by Crippen LogP contribution is 2.33. The molecule has 0 aliphatic heterocycles. The fraction of sp³-hybridized carbons (Fsp3) is 0.333. The zero-order valence-corrected chi connectivity index (χ0v) is 13.0. The molecule has 0 aromatic heterocycles. The SMILES string of the molecule is Cc1ccc(Sc2ccccc2CNC2CC2)c(C)c1. The van der Waals surface area contributed by atoms with E-state index < -0.39 is 0 Å². The number of rotatable bonds is 5. The van der Waals surface area contributed by atoms with Crippen LogP contribution >= 0.6 is 11.8 Å². The van der Waals surface area contributed by atoms with E-state index in [4.69, 9.17) is 0 Å². The van der Waals surface area contributed by atoms with Crippen LogP contribution in [-0.2, 0) is 6.54 Å². The molecule has 0 unspecified atom stereocenters. The summed E-state index contributed by atoms with van der Waals surface area (Å²) in [5.41, 5.74) is 4.10. The van der Waals surface area contributed by atoms with Crippen molar-refractivity contribution in [3.63, 3.8) is 0 Å². The van der Waals surface area contributed by atoms with Gasteiger partial charge >= 0.3 is 0 Å². The average Bonchev–Trinajstić information content (AvgIpc) is 3.25. The van der Waals surface area contributed by atoms with Crippen LogP contribution in [0.2, 0.25) is 0 Å². The molecule has 0 bridgehead atoms. The van der Waals surface area contributed by atoms with Crippen LogP contribution in [0.5, 0.6) is 0 Å². The Morgan fingerprint density at radius 1 is 1.05 bits per heavy atom. The van der Waals surface area contributed by atoms with Crippen molar-refractivity contribution in [3.8, 4) is 0 Å². The Balaban J connectivity index is 1.78. The Hall–Kier alpha value is -1.25. The molecule has 104 valence electrons. The van der Waals surface area contributed by atoms with Gasteiger partial charge in [-0.3, -0.25) is 0 Å². The predicted octanol–water partition coefficient (Wildman–Crippen LogP) is 4.71. The summed E-state index contributed by atoms with van der Waals surface area (Å²) in [6, 6.07) is 16.2. The Labute approximate surface area is 125 Å². The first-order valence-electron chi connectivity index (χ1n) is 7.29. The lowest BCUT2D eigenvalue weighted by atomic mass is 10.2. The first kappa shape index (κ1) is 13.7. The van der Waals surface area contributed by atoms with Gasteiger partial charge in [-0.15, -0.1) is 0 Å². The van der Waals surface area contributed by atoms with E-state index in [9.17, 15) is 0 Å². The second-order valence-corrected chi connectivity index (χ2v) is 6.72. The molecule has 1 aliphatic carbocycles. The van der Waals surface area contributed by atoms with Gasteiger partial charge in [0, 0.05) is 22.4 Å². The van der Waals surface area contributed by atoms with Gasteiger partial charge < -0.3 is 5.32 Å². The zero-order chi connectivity index (χ0) is 13.9. The Morgan fingerprint density at radius 3 is 2.60 bits per heavy atom. The van der Waals surface area contributed by atoms with Crippen molar-refractivity contribution >= 4 is 11.8 Å². The quantitative estimate of drug-likeness (QED) is 0.853. The highest BCUT2D eigenvalue weighted by atomic mass is 32.2. The summed E-state index contributed by atoms with van der Waals surface area (Å²) < 4.78 is 0. The van der Waals surface area contributed by atoms with Gasteiger partial charge in [-0.05, 0) is 49.9 Å². The number of nitrogens with one attached hydrogen (secondary N) is 1. The summed E-state index contributed by atoms with van der Waals surface area (Å²) in [7, 11) is 0. The summed E-state index contributed by atoms with van der Waals surface area (Å²) >= 11 is 1.88. The smallest absolute Gasteiger partial charge is 0.0219 e. The van der Waals surface area contributed by atoms with Crippen molar-refractivity contribution in [1.82, 2.24) is 5.32 Å². The summed E-state index contributed by atoms with van der Waals surface area (Å²) in [5.74, 6) is 0. The summed E-state index contributed by atoms with van der Waals surface area (Å²) in [4.78, 5) is 2.72. The van der Waals surface area contributed by atoms with Crippen molar-refractivity contribution in [2.75, 3.05) is 0 Å². The van der Waals surface area contributed by atoms with Crippen molar-refractivity contribution in [3.05, 3.63) is 59.2 Å². The summed E-state index contributed by atoms with van der Waals surface area (Å²) in [6.07, 6.45) is 2.68. The fourth-order valence-electron chi connectivity index (χ4n) is 2.32. The molecule has 3 rings (SSSR count). The minimum Gasteiger partial charge on any atom is -0.310 e. The zero-order valence-electron chi connectivity index (χ0n) is 12.1. The van der Waals surface area contributed by atoms with Crippen LogP contribution in [0.15, 0.2) is 52.3 Å². The van der Waals surface area contributed by atoms with E-state index in [-0.39, 0.29) is 0 Å². The summed E-state index contributed by atoms with van der Waals surface area (Å²) in [5, 5.41) is 3.61. The molecule has 0 spiro atoms. The van der Waals surface area contributed by atoms with Crippen LogP contribution in [0.1, 0.15) is 29.5 Å². The van der Waals surface area contributed by atoms with Gasteiger partial charge in [-0.25, -0.2) is 0 Å². The molecule has 1 fully saturated rings. The van der Waals surface area contributed by atoms with Crippen molar-refractivity contribution in [2.24, 2.45) is 0 Å². The monoisotopic (exact) mass is 283 g/mol. The molecule has 1 N–H and O–H groups in total. The molecule has 2 heteroatoms. The topological polar surface area (TPSA) is 12.0 Å².